The molecule has 0 unspecified atom stereocenters. The van der Waals surface area contributed by atoms with E-state index in [0.29, 0.717) is 12.1 Å². The highest BCUT2D eigenvalue weighted by Crippen LogP contribution is 2.24. The van der Waals surface area contributed by atoms with Crippen molar-refractivity contribution in [1.82, 2.24) is 10.2 Å². The number of nitrogens with one attached hydrogen (secondary N) is 1. The van der Waals surface area contributed by atoms with Crippen LogP contribution in [-0.4, -0.2) is 37.0 Å². The van der Waals surface area contributed by atoms with Crippen molar-refractivity contribution in [2.24, 2.45) is 0 Å². The number of halogens is 1. The first-order valence-corrected chi connectivity index (χ1v) is 6.71. The Kier molecular flexibility index (Phi) is 4.18. The largest absolute Gasteiger partial charge is 0.351 e. The van der Waals surface area contributed by atoms with Gasteiger partial charge in [-0.25, -0.2) is 0 Å². The predicted molar refractivity (Wildman–Crippen MR) is 72.1 cm³/mol. The Labute approximate surface area is 110 Å². The first-order chi connectivity index (χ1) is 8.18. The van der Waals surface area contributed by atoms with Gasteiger partial charge in [-0.05, 0) is 48.0 Å². The number of likely N-dealkylation sites (N-methyl/N-ethyl adjacent to an activating group) is 1. The Bertz CT molecular complexity index is 404. The average molecular weight is 297 g/mol. The van der Waals surface area contributed by atoms with Gasteiger partial charge in [-0.3, -0.25) is 4.79 Å². The van der Waals surface area contributed by atoms with Gasteiger partial charge in [0.05, 0.1) is 5.56 Å². The molecule has 0 atom stereocenters. The highest BCUT2D eigenvalue weighted by Gasteiger charge is 2.25. The van der Waals surface area contributed by atoms with Crippen LogP contribution in [0.1, 0.15) is 23.2 Å². The lowest BCUT2D eigenvalue weighted by molar-refractivity contribution is 0.0948. The van der Waals surface area contributed by atoms with Gasteiger partial charge in [0.2, 0.25) is 0 Å². The van der Waals surface area contributed by atoms with Crippen LogP contribution in [0.15, 0.2) is 28.7 Å². The third-order valence-electron chi connectivity index (χ3n) is 3.04. The lowest BCUT2D eigenvalue weighted by Gasteiger charge is -2.15. The van der Waals surface area contributed by atoms with Gasteiger partial charge in [0.15, 0.2) is 0 Å². The van der Waals surface area contributed by atoms with Gasteiger partial charge < -0.3 is 10.2 Å². The van der Waals surface area contributed by atoms with Gasteiger partial charge in [0.1, 0.15) is 0 Å². The Hall–Kier alpha value is -0.870. The number of benzene rings is 1. The molecule has 0 aliphatic heterocycles. The number of amides is 1. The van der Waals surface area contributed by atoms with Crippen molar-refractivity contribution in [3.05, 3.63) is 34.3 Å². The molecule has 1 fully saturated rings. The van der Waals surface area contributed by atoms with E-state index in [9.17, 15) is 4.79 Å². The van der Waals surface area contributed by atoms with E-state index in [2.05, 4.69) is 33.2 Å². The quantitative estimate of drug-likeness (QED) is 0.904. The van der Waals surface area contributed by atoms with Gasteiger partial charge in [-0.15, -0.1) is 0 Å². The van der Waals surface area contributed by atoms with Crippen LogP contribution in [0.3, 0.4) is 0 Å². The SMILES string of the molecule is CN(CCNC(=O)c1ccccc1Br)C1CC1. The minimum Gasteiger partial charge on any atom is -0.351 e. The van der Waals surface area contributed by atoms with Crippen molar-refractivity contribution in [1.29, 1.82) is 0 Å². The summed E-state index contributed by atoms with van der Waals surface area (Å²) in [4.78, 5) is 14.2. The number of carbonyl (C=O) groups is 1. The van der Waals surface area contributed by atoms with Gasteiger partial charge in [-0.1, -0.05) is 12.1 Å². The molecule has 0 radical (unpaired) electrons. The molecule has 4 heteroatoms. The van der Waals surface area contributed by atoms with Crippen LogP contribution in [0.2, 0.25) is 0 Å². The molecule has 1 aromatic rings. The number of nitrogens with zero attached hydrogens (tertiary/aromatic N) is 1. The average Bonchev–Trinajstić information content (AvgIpc) is 3.13. The summed E-state index contributed by atoms with van der Waals surface area (Å²) in [5.41, 5.74) is 0.696. The van der Waals surface area contributed by atoms with E-state index in [1.807, 2.05) is 24.3 Å². The maximum absolute atomic E-state index is 11.9. The van der Waals surface area contributed by atoms with Crippen molar-refractivity contribution in [3.63, 3.8) is 0 Å². The monoisotopic (exact) mass is 296 g/mol. The Morgan fingerprint density at radius 3 is 2.82 bits per heavy atom. The maximum atomic E-state index is 11.9. The summed E-state index contributed by atoms with van der Waals surface area (Å²) in [5.74, 6) is -0.0123. The van der Waals surface area contributed by atoms with E-state index in [1.165, 1.54) is 12.8 Å². The van der Waals surface area contributed by atoms with Crippen LogP contribution in [0.5, 0.6) is 0 Å². The third-order valence-corrected chi connectivity index (χ3v) is 3.73. The lowest BCUT2D eigenvalue weighted by atomic mass is 10.2. The molecule has 1 saturated carbocycles. The number of carbonyl (C=O) groups excluding carboxylic acids is 1. The maximum Gasteiger partial charge on any atom is 0.252 e. The summed E-state index contributed by atoms with van der Waals surface area (Å²) in [6, 6.07) is 8.22. The Morgan fingerprint density at radius 2 is 2.18 bits per heavy atom. The zero-order valence-corrected chi connectivity index (χ0v) is 11.5. The molecule has 92 valence electrons. The van der Waals surface area contributed by atoms with Gasteiger partial charge in [-0.2, -0.15) is 0 Å². The zero-order chi connectivity index (χ0) is 12.3. The molecular formula is C13H17BrN2O. The molecule has 0 bridgehead atoms. The van der Waals surface area contributed by atoms with E-state index in [4.69, 9.17) is 0 Å². The van der Waals surface area contributed by atoms with Crippen molar-refractivity contribution in [2.45, 2.75) is 18.9 Å². The van der Waals surface area contributed by atoms with E-state index >= 15 is 0 Å². The fourth-order valence-corrected chi connectivity index (χ4v) is 2.25. The predicted octanol–water partition coefficient (Wildman–Crippen LogP) is 2.27. The summed E-state index contributed by atoms with van der Waals surface area (Å²) in [5, 5.41) is 2.94. The van der Waals surface area contributed by atoms with E-state index in [-0.39, 0.29) is 5.91 Å². The normalized spacial score (nSPS) is 15.0. The topological polar surface area (TPSA) is 32.3 Å². The molecule has 0 spiro atoms. The lowest BCUT2D eigenvalue weighted by Crippen LogP contribution is -2.34. The number of hydrogen-bond acceptors (Lipinski definition) is 2. The van der Waals surface area contributed by atoms with E-state index in [1.54, 1.807) is 0 Å². The molecule has 3 nitrogen and oxygen atoms in total. The van der Waals surface area contributed by atoms with Crippen LogP contribution in [0.25, 0.3) is 0 Å². The summed E-state index contributed by atoms with van der Waals surface area (Å²) in [6.45, 7) is 1.62. The number of rotatable bonds is 5. The van der Waals surface area contributed by atoms with Crippen LogP contribution >= 0.6 is 15.9 Å². The second kappa shape index (κ2) is 5.65. The molecule has 0 heterocycles. The van der Waals surface area contributed by atoms with Crippen molar-refractivity contribution >= 4 is 21.8 Å². The summed E-state index contributed by atoms with van der Waals surface area (Å²) in [6.07, 6.45) is 2.60. The number of hydrogen-bond donors (Lipinski definition) is 1. The Balaban J connectivity index is 1.79. The fourth-order valence-electron chi connectivity index (χ4n) is 1.78. The van der Waals surface area contributed by atoms with Crippen LogP contribution in [-0.2, 0) is 0 Å². The summed E-state index contributed by atoms with van der Waals surface area (Å²) >= 11 is 3.38. The molecule has 0 aromatic heterocycles. The molecule has 2 rings (SSSR count). The van der Waals surface area contributed by atoms with Gasteiger partial charge in [0.25, 0.3) is 5.91 Å². The molecule has 1 amide bonds. The van der Waals surface area contributed by atoms with Gasteiger partial charge >= 0.3 is 0 Å². The molecular weight excluding hydrogens is 280 g/mol. The van der Waals surface area contributed by atoms with Gasteiger partial charge in [0, 0.05) is 23.6 Å². The molecule has 1 aliphatic carbocycles. The van der Waals surface area contributed by atoms with E-state index < -0.39 is 0 Å². The highest BCUT2D eigenvalue weighted by molar-refractivity contribution is 9.10. The zero-order valence-electron chi connectivity index (χ0n) is 9.95. The van der Waals surface area contributed by atoms with Crippen LogP contribution in [0, 0.1) is 0 Å². The highest BCUT2D eigenvalue weighted by atomic mass is 79.9. The summed E-state index contributed by atoms with van der Waals surface area (Å²) < 4.78 is 0.841. The minimum absolute atomic E-state index is 0.0123. The van der Waals surface area contributed by atoms with Crippen molar-refractivity contribution in [2.75, 3.05) is 20.1 Å². The van der Waals surface area contributed by atoms with E-state index in [0.717, 1.165) is 17.1 Å². The standard InChI is InChI=1S/C13H17BrN2O/c1-16(10-6-7-10)9-8-15-13(17)11-4-2-3-5-12(11)14/h2-5,10H,6-9H2,1H3,(H,15,17). The minimum atomic E-state index is -0.0123. The third kappa shape index (κ3) is 3.54. The first kappa shape index (κ1) is 12.6. The summed E-state index contributed by atoms with van der Waals surface area (Å²) in [7, 11) is 2.11. The van der Waals surface area contributed by atoms with Crippen LogP contribution in [0.4, 0.5) is 0 Å². The Morgan fingerprint density at radius 1 is 1.47 bits per heavy atom. The van der Waals surface area contributed by atoms with Crippen molar-refractivity contribution in [3.8, 4) is 0 Å². The molecule has 0 saturated heterocycles. The molecule has 1 aliphatic rings. The second-order valence-corrected chi connectivity index (χ2v) is 5.30. The smallest absolute Gasteiger partial charge is 0.252 e. The van der Waals surface area contributed by atoms with Crippen LogP contribution < -0.4 is 5.32 Å². The molecule has 1 N–H and O–H groups in total. The molecule has 17 heavy (non-hydrogen) atoms. The first-order valence-electron chi connectivity index (χ1n) is 5.91. The fraction of sp³-hybridized carbons (Fsp3) is 0.462. The van der Waals surface area contributed by atoms with Crippen molar-refractivity contribution < 1.29 is 4.79 Å². The second-order valence-electron chi connectivity index (χ2n) is 4.45. The molecule has 1 aromatic carbocycles.